The van der Waals surface area contributed by atoms with Gasteiger partial charge >= 0.3 is 0 Å². The number of nitrogens with zero attached hydrogens (tertiary/aromatic N) is 6. The second-order valence-electron chi connectivity index (χ2n) is 9.15. The summed E-state index contributed by atoms with van der Waals surface area (Å²) < 4.78 is 14.2. The van der Waals surface area contributed by atoms with Crippen molar-refractivity contribution in [3.8, 4) is 5.75 Å². The molecule has 1 aromatic carbocycles. The summed E-state index contributed by atoms with van der Waals surface area (Å²) in [5.41, 5.74) is 2.81. The molecular formula is C22H24BrN7O2. The number of benzene rings is 1. The van der Waals surface area contributed by atoms with E-state index in [-0.39, 0.29) is 0 Å². The van der Waals surface area contributed by atoms with Gasteiger partial charge in [-0.2, -0.15) is 5.10 Å². The molecule has 1 N–H and O–H groups in total. The van der Waals surface area contributed by atoms with E-state index < -0.39 is 0 Å². The van der Waals surface area contributed by atoms with E-state index in [0.717, 1.165) is 50.6 Å². The third kappa shape index (κ3) is 3.23. The molecule has 166 valence electrons. The lowest BCUT2D eigenvalue weighted by molar-refractivity contribution is -0.0708. The summed E-state index contributed by atoms with van der Waals surface area (Å²) in [6, 6.07) is 8.18. The molecule has 2 atom stereocenters. The Morgan fingerprint density at radius 2 is 2.03 bits per heavy atom. The summed E-state index contributed by atoms with van der Waals surface area (Å²) in [6.45, 7) is 3.96. The predicted molar refractivity (Wildman–Crippen MR) is 123 cm³/mol. The summed E-state index contributed by atoms with van der Waals surface area (Å²) in [5.74, 6) is 1.61. The van der Waals surface area contributed by atoms with Gasteiger partial charge in [0.15, 0.2) is 11.5 Å². The average Bonchev–Trinajstić information content (AvgIpc) is 3.11. The number of rotatable bonds is 6. The molecule has 4 aliphatic rings. The van der Waals surface area contributed by atoms with Crippen LogP contribution in [-0.4, -0.2) is 75.0 Å². The number of halogens is 1. The number of hydrogen-bond donors (Lipinski definition) is 1. The SMILES string of the molecule is Brc1cn2ncnc2c(Nc2ccc(N3CC4CC3CN4C3COC3)c(OC3CC3)c2)n1. The Hall–Kier alpha value is -2.43. The van der Waals surface area contributed by atoms with Gasteiger partial charge in [-0.25, -0.2) is 14.5 Å². The summed E-state index contributed by atoms with van der Waals surface area (Å²) in [6.07, 6.45) is 7.14. The van der Waals surface area contributed by atoms with Crippen molar-refractivity contribution in [3.63, 3.8) is 0 Å². The zero-order valence-electron chi connectivity index (χ0n) is 17.5. The number of likely N-dealkylation sites (tertiary alicyclic amines) is 1. The second kappa shape index (κ2) is 7.29. The van der Waals surface area contributed by atoms with E-state index in [2.05, 4.69) is 64.3 Å². The standard InChI is InChI=1S/C22H24BrN7O2/c23-20-9-30-22(24-12-25-30)21(27-20)26-13-1-4-18(19(5-13)32-17-2-3-17)29-8-14-6-15(29)7-28(14)16-10-31-11-16/h1,4-5,9,12,14-17H,2-3,6-8,10-11H2,(H,26,27). The molecule has 7 rings (SSSR count). The maximum Gasteiger partial charge on any atom is 0.198 e. The van der Waals surface area contributed by atoms with Gasteiger partial charge in [0, 0.05) is 36.9 Å². The first-order chi connectivity index (χ1) is 15.7. The van der Waals surface area contributed by atoms with E-state index in [9.17, 15) is 0 Å². The number of nitrogens with one attached hydrogen (secondary N) is 1. The van der Waals surface area contributed by atoms with Crippen molar-refractivity contribution >= 4 is 38.8 Å². The van der Waals surface area contributed by atoms with Crippen molar-refractivity contribution in [3.05, 3.63) is 35.3 Å². The normalized spacial score (nSPS) is 25.5. The summed E-state index contributed by atoms with van der Waals surface area (Å²) in [5, 5.41) is 7.63. The highest BCUT2D eigenvalue weighted by molar-refractivity contribution is 9.10. The van der Waals surface area contributed by atoms with Gasteiger partial charge < -0.3 is 19.7 Å². The molecule has 5 heterocycles. The fraction of sp³-hybridized carbons (Fsp3) is 0.500. The lowest BCUT2D eigenvalue weighted by atomic mass is 10.1. The molecule has 10 heteroatoms. The average molecular weight is 498 g/mol. The molecule has 2 unspecified atom stereocenters. The van der Waals surface area contributed by atoms with Gasteiger partial charge in [0.05, 0.1) is 37.2 Å². The first-order valence-electron chi connectivity index (χ1n) is 11.2. The molecule has 2 aromatic heterocycles. The zero-order chi connectivity index (χ0) is 21.2. The van der Waals surface area contributed by atoms with Gasteiger partial charge in [0.25, 0.3) is 0 Å². The van der Waals surface area contributed by atoms with Crippen LogP contribution in [0.2, 0.25) is 0 Å². The third-order valence-corrected chi connectivity index (χ3v) is 7.34. The molecule has 3 aromatic rings. The lowest BCUT2D eigenvalue weighted by Gasteiger charge is -2.43. The highest BCUT2D eigenvalue weighted by Crippen LogP contribution is 2.43. The molecule has 9 nitrogen and oxygen atoms in total. The summed E-state index contributed by atoms with van der Waals surface area (Å²) >= 11 is 3.45. The molecular weight excluding hydrogens is 474 g/mol. The molecule has 1 aliphatic carbocycles. The monoisotopic (exact) mass is 497 g/mol. The maximum absolute atomic E-state index is 6.38. The van der Waals surface area contributed by atoms with Gasteiger partial charge in [-0.05, 0) is 47.3 Å². The topological polar surface area (TPSA) is 80.1 Å². The van der Waals surface area contributed by atoms with Crippen LogP contribution in [0.1, 0.15) is 19.3 Å². The Labute approximate surface area is 193 Å². The molecule has 3 aliphatic heterocycles. The summed E-state index contributed by atoms with van der Waals surface area (Å²) in [4.78, 5) is 14.1. The van der Waals surface area contributed by atoms with Gasteiger partial charge in [-0.15, -0.1) is 0 Å². The van der Waals surface area contributed by atoms with Crippen molar-refractivity contribution < 1.29 is 9.47 Å². The minimum absolute atomic E-state index is 0.333. The van der Waals surface area contributed by atoms with Crippen molar-refractivity contribution in [2.75, 3.05) is 36.5 Å². The Bertz CT molecular complexity index is 1180. The molecule has 0 amide bonds. The Morgan fingerprint density at radius 1 is 1.12 bits per heavy atom. The van der Waals surface area contributed by atoms with E-state index in [0.29, 0.717) is 40.3 Å². The maximum atomic E-state index is 6.38. The highest BCUT2D eigenvalue weighted by atomic mass is 79.9. The van der Waals surface area contributed by atoms with E-state index in [1.165, 1.54) is 18.4 Å². The minimum Gasteiger partial charge on any atom is -0.488 e. The van der Waals surface area contributed by atoms with Crippen molar-refractivity contribution in [1.29, 1.82) is 0 Å². The number of hydrogen-bond acceptors (Lipinski definition) is 8. The van der Waals surface area contributed by atoms with Crippen molar-refractivity contribution in [2.45, 2.75) is 43.5 Å². The number of aromatic nitrogens is 4. The quantitative estimate of drug-likeness (QED) is 0.556. The van der Waals surface area contributed by atoms with Gasteiger partial charge in [0.2, 0.25) is 0 Å². The van der Waals surface area contributed by atoms with Crippen LogP contribution in [0.5, 0.6) is 5.75 Å². The fourth-order valence-corrected chi connectivity index (χ4v) is 5.54. The zero-order valence-corrected chi connectivity index (χ0v) is 19.1. The van der Waals surface area contributed by atoms with Crippen LogP contribution in [0.3, 0.4) is 0 Å². The van der Waals surface area contributed by atoms with Crippen LogP contribution >= 0.6 is 15.9 Å². The van der Waals surface area contributed by atoms with Gasteiger partial charge in [-0.3, -0.25) is 4.90 Å². The first-order valence-corrected chi connectivity index (χ1v) is 12.0. The second-order valence-corrected chi connectivity index (χ2v) is 9.96. The smallest absolute Gasteiger partial charge is 0.198 e. The first kappa shape index (κ1) is 19.1. The van der Waals surface area contributed by atoms with Crippen LogP contribution in [0, 0.1) is 0 Å². The molecule has 0 spiro atoms. The molecule has 4 fully saturated rings. The molecule has 3 saturated heterocycles. The number of fused-ring (bicyclic) bond motifs is 3. The van der Waals surface area contributed by atoms with E-state index >= 15 is 0 Å². The number of piperazine rings is 1. The fourth-order valence-electron chi connectivity index (χ4n) is 5.17. The highest BCUT2D eigenvalue weighted by Gasteiger charge is 2.47. The molecule has 2 bridgehead atoms. The largest absolute Gasteiger partial charge is 0.488 e. The van der Waals surface area contributed by atoms with Gasteiger partial charge in [-0.1, -0.05) is 0 Å². The van der Waals surface area contributed by atoms with Crippen LogP contribution in [0.15, 0.2) is 35.3 Å². The Kier molecular flexibility index (Phi) is 4.35. The van der Waals surface area contributed by atoms with Gasteiger partial charge in [0.1, 0.15) is 16.7 Å². The van der Waals surface area contributed by atoms with Crippen LogP contribution in [0.25, 0.3) is 5.65 Å². The molecule has 1 saturated carbocycles. The third-order valence-electron chi connectivity index (χ3n) is 6.95. The number of ether oxygens (including phenoxy) is 2. The van der Waals surface area contributed by atoms with E-state index in [1.54, 1.807) is 10.7 Å². The summed E-state index contributed by atoms with van der Waals surface area (Å²) in [7, 11) is 0. The predicted octanol–water partition coefficient (Wildman–Crippen LogP) is 2.83. The minimum atomic E-state index is 0.333. The van der Waals surface area contributed by atoms with Crippen LogP contribution < -0.4 is 15.0 Å². The Balaban J connectivity index is 1.17. The Morgan fingerprint density at radius 3 is 2.78 bits per heavy atom. The van der Waals surface area contributed by atoms with Crippen LogP contribution in [-0.2, 0) is 4.74 Å². The van der Waals surface area contributed by atoms with E-state index in [4.69, 9.17) is 9.47 Å². The van der Waals surface area contributed by atoms with E-state index in [1.807, 2.05) is 0 Å². The lowest BCUT2D eigenvalue weighted by Crippen LogP contribution is -2.56. The van der Waals surface area contributed by atoms with Crippen molar-refractivity contribution in [2.24, 2.45) is 0 Å². The molecule has 0 radical (unpaired) electrons. The molecule has 32 heavy (non-hydrogen) atoms. The van der Waals surface area contributed by atoms with Crippen molar-refractivity contribution in [1.82, 2.24) is 24.5 Å². The number of anilines is 3. The van der Waals surface area contributed by atoms with Crippen LogP contribution in [0.4, 0.5) is 17.2 Å².